The number of likely N-dealkylation sites (tertiary alicyclic amines) is 1. The SMILES string of the molecule is CCN1C(=O)/C(=C/c2cn(CC(=O)N3CCCC3)c3ccc(Br)cc23)SC1=S. The summed E-state index contributed by atoms with van der Waals surface area (Å²) < 4.78 is 3.53. The van der Waals surface area contributed by atoms with Crippen LogP contribution in [0.2, 0.25) is 0 Å². The molecule has 0 atom stereocenters. The van der Waals surface area contributed by atoms with E-state index in [-0.39, 0.29) is 11.8 Å². The summed E-state index contributed by atoms with van der Waals surface area (Å²) in [6.45, 7) is 4.48. The zero-order valence-corrected chi connectivity index (χ0v) is 18.7. The van der Waals surface area contributed by atoms with E-state index < -0.39 is 0 Å². The Hall–Kier alpha value is -1.64. The van der Waals surface area contributed by atoms with Crippen molar-refractivity contribution in [3.8, 4) is 0 Å². The number of aromatic nitrogens is 1. The Morgan fingerprint density at radius 1 is 1.32 bits per heavy atom. The largest absolute Gasteiger partial charge is 0.341 e. The van der Waals surface area contributed by atoms with Gasteiger partial charge in [0.15, 0.2) is 0 Å². The first-order valence-corrected chi connectivity index (χ1v) is 11.3. The molecule has 2 saturated heterocycles. The summed E-state index contributed by atoms with van der Waals surface area (Å²) >= 11 is 10.2. The number of thiocarbonyl (C=S) groups is 1. The molecule has 2 aliphatic rings. The average molecular weight is 478 g/mol. The van der Waals surface area contributed by atoms with Crippen molar-refractivity contribution < 1.29 is 9.59 Å². The van der Waals surface area contributed by atoms with Gasteiger partial charge in [0.2, 0.25) is 5.91 Å². The number of thioether (sulfide) groups is 1. The Morgan fingerprint density at radius 2 is 2.07 bits per heavy atom. The fourth-order valence-corrected chi connectivity index (χ4v) is 5.41. The second-order valence-electron chi connectivity index (χ2n) is 6.89. The van der Waals surface area contributed by atoms with Crippen LogP contribution in [0.5, 0.6) is 0 Å². The van der Waals surface area contributed by atoms with Gasteiger partial charge in [0.25, 0.3) is 5.91 Å². The highest BCUT2D eigenvalue weighted by molar-refractivity contribution is 9.10. The molecule has 5 nitrogen and oxygen atoms in total. The van der Waals surface area contributed by atoms with E-state index in [1.807, 2.05) is 46.9 Å². The first kappa shape index (κ1) is 19.7. The highest BCUT2D eigenvalue weighted by Crippen LogP contribution is 2.35. The number of halogens is 1. The summed E-state index contributed by atoms with van der Waals surface area (Å²) in [6.07, 6.45) is 6.01. The van der Waals surface area contributed by atoms with E-state index >= 15 is 0 Å². The number of hydrogen-bond donors (Lipinski definition) is 0. The number of carbonyl (C=O) groups is 2. The van der Waals surface area contributed by atoms with E-state index in [1.54, 1.807) is 4.90 Å². The van der Waals surface area contributed by atoms with Gasteiger partial charge in [0, 0.05) is 46.8 Å². The summed E-state index contributed by atoms with van der Waals surface area (Å²) in [5, 5.41) is 1.00. The Balaban J connectivity index is 1.71. The molecule has 3 heterocycles. The Labute approximate surface area is 181 Å². The van der Waals surface area contributed by atoms with Gasteiger partial charge in [-0.15, -0.1) is 0 Å². The predicted molar refractivity (Wildman–Crippen MR) is 121 cm³/mol. The quantitative estimate of drug-likeness (QED) is 0.487. The molecule has 0 bridgehead atoms. The third kappa shape index (κ3) is 3.65. The third-order valence-corrected chi connectivity index (χ3v) is 6.99. The normalized spacial score (nSPS) is 18.9. The zero-order chi connectivity index (χ0) is 19.8. The van der Waals surface area contributed by atoms with Crippen molar-refractivity contribution in [1.29, 1.82) is 0 Å². The molecule has 0 radical (unpaired) electrons. The number of nitrogens with zero attached hydrogens (tertiary/aromatic N) is 3. The van der Waals surface area contributed by atoms with Gasteiger partial charge in [-0.2, -0.15) is 0 Å². The second kappa shape index (κ2) is 8.00. The first-order chi connectivity index (χ1) is 13.5. The smallest absolute Gasteiger partial charge is 0.266 e. The highest BCUT2D eigenvalue weighted by atomic mass is 79.9. The van der Waals surface area contributed by atoms with Crippen molar-refractivity contribution >= 4 is 73.0 Å². The number of hydrogen-bond acceptors (Lipinski definition) is 4. The third-order valence-electron chi connectivity index (χ3n) is 5.11. The molecule has 0 spiro atoms. The van der Waals surface area contributed by atoms with Gasteiger partial charge >= 0.3 is 0 Å². The molecular weight excluding hydrogens is 458 g/mol. The fraction of sp³-hybridized carbons (Fsp3) is 0.350. The summed E-state index contributed by atoms with van der Waals surface area (Å²) in [6, 6.07) is 6.00. The number of fused-ring (bicyclic) bond motifs is 1. The van der Waals surface area contributed by atoms with Gasteiger partial charge in [-0.3, -0.25) is 14.5 Å². The van der Waals surface area contributed by atoms with Crippen molar-refractivity contribution in [3.63, 3.8) is 0 Å². The van der Waals surface area contributed by atoms with Crippen LogP contribution in [0.4, 0.5) is 0 Å². The van der Waals surface area contributed by atoms with E-state index in [4.69, 9.17) is 12.2 Å². The lowest BCUT2D eigenvalue weighted by Gasteiger charge is -2.16. The molecule has 2 amide bonds. The molecule has 0 saturated carbocycles. The molecule has 0 N–H and O–H groups in total. The minimum atomic E-state index is -0.0541. The van der Waals surface area contributed by atoms with E-state index in [1.165, 1.54) is 11.8 Å². The van der Waals surface area contributed by atoms with Crippen molar-refractivity contribution in [3.05, 3.63) is 39.3 Å². The number of rotatable bonds is 4. The van der Waals surface area contributed by atoms with Crippen molar-refractivity contribution in [2.24, 2.45) is 0 Å². The topological polar surface area (TPSA) is 45.6 Å². The number of amides is 2. The van der Waals surface area contributed by atoms with E-state index in [0.29, 0.717) is 22.3 Å². The highest BCUT2D eigenvalue weighted by Gasteiger charge is 2.31. The molecule has 1 aromatic heterocycles. The first-order valence-electron chi connectivity index (χ1n) is 9.29. The second-order valence-corrected chi connectivity index (χ2v) is 9.48. The number of likely N-dealkylation sites (N-methyl/N-ethyl adjacent to an activating group) is 1. The molecule has 2 aromatic rings. The Morgan fingerprint density at radius 3 is 2.75 bits per heavy atom. The molecule has 4 rings (SSSR count). The van der Waals surface area contributed by atoms with Gasteiger partial charge < -0.3 is 9.47 Å². The molecule has 0 unspecified atom stereocenters. The van der Waals surface area contributed by atoms with Crippen LogP contribution < -0.4 is 0 Å². The minimum absolute atomic E-state index is 0.0541. The molecule has 146 valence electrons. The van der Waals surface area contributed by atoms with Gasteiger partial charge in [-0.25, -0.2) is 0 Å². The van der Waals surface area contributed by atoms with Crippen LogP contribution in [0.3, 0.4) is 0 Å². The molecule has 8 heteroatoms. The lowest BCUT2D eigenvalue weighted by atomic mass is 10.1. The zero-order valence-electron chi connectivity index (χ0n) is 15.5. The maximum Gasteiger partial charge on any atom is 0.266 e. The van der Waals surface area contributed by atoms with E-state index in [9.17, 15) is 9.59 Å². The number of benzene rings is 1. The monoisotopic (exact) mass is 477 g/mol. The van der Waals surface area contributed by atoms with Crippen molar-refractivity contribution in [1.82, 2.24) is 14.4 Å². The van der Waals surface area contributed by atoms with Crippen molar-refractivity contribution in [2.75, 3.05) is 19.6 Å². The van der Waals surface area contributed by atoms with E-state index in [2.05, 4.69) is 15.9 Å². The van der Waals surface area contributed by atoms with Crippen LogP contribution in [-0.4, -0.2) is 50.1 Å². The molecule has 1 aromatic carbocycles. The predicted octanol–water partition coefficient (Wildman–Crippen LogP) is 4.25. The lowest BCUT2D eigenvalue weighted by molar-refractivity contribution is -0.130. The van der Waals surface area contributed by atoms with E-state index in [0.717, 1.165) is 46.9 Å². The minimum Gasteiger partial charge on any atom is -0.341 e. The van der Waals surface area contributed by atoms with Crippen LogP contribution in [-0.2, 0) is 16.1 Å². The van der Waals surface area contributed by atoms with Crippen LogP contribution in [0.15, 0.2) is 33.8 Å². The Bertz CT molecular complexity index is 1010. The standard InChI is InChI=1S/C20H20BrN3O2S2/c1-2-24-19(26)17(28-20(24)27)9-13-11-23(12-18(25)22-7-3-4-8-22)16-6-5-14(21)10-15(13)16/h5-6,9-11H,2-4,7-8,12H2,1H3/b17-9-. The van der Waals surface area contributed by atoms with Crippen molar-refractivity contribution in [2.45, 2.75) is 26.3 Å². The molecule has 0 aliphatic carbocycles. The molecule has 28 heavy (non-hydrogen) atoms. The fourth-order valence-electron chi connectivity index (χ4n) is 3.67. The summed E-state index contributed by atoms with van der Waals surface area (Å²) in [5.41, 5.74) is 1.90. The summed E-state index contributed by atoms with van der Waals surface area (Å²) in [7, 11) is 0. The van der Waals surface area contributed by atoms with Crippen LogP contribution in [0, 0.1) is 0 Å². The molecule has 2 fully saturated rings. The van der Waals surface area contributed by atoms with Gasteiger partial charge in [-0.05, 0) is 44.0 Å². The van der Waals surface area contributed by atoms with Crippen LogP contribution in [0.25, 0.3) is 17.0 Å². The summed E-state index contributed by atoms with van der Waals surface area (Å²) in [5.74, 6) is 0.0858. The molecular formula is C20H20BrN3O2S2. The van der Waals surface area contributed by atoms with Gasteiger partial charge in [0.1, 0.15) is 10.9 Å². The van der Waals surface area contributed by atoms with Crippen LogP contribution >= 0.6 is 39.9 Å². The maximum atomic E-state index is 12.7. The van der Waals surface area contributed by atoms with Gasteiger partial charge in [0.05, 0.1) is 4.91 Å². The lowest BCUT2D eigenvalue weighted by Crippen LogP contribution is -2.30. The van der Waals surface area contributed by atoms with Gasteiger partial charge in [-0.1, -0.05) is 39.9 Å². The average Bonchev–Trinajstić information content (AvgIpc) is 3.36. The molecule has 2 aliphatic heterocycles. The number of carbonyl (C=O) groups excluding carboxylic acids is 2. The maximum absolute atomic E-state index is 12.7. The Kier molecular flexibility index (Phi) is 5.62. The summed E-state index contributed by atoms with van der Waals surface area (Å²) in [4.78, 5) is 29.4. The van der Waals surface area contributed by atoms with Crippen LogP contribution in [0.1, 0.15) is 25.3 Å².